The van der Waals surface area contributed by atoms with Gasteiger partial charge in [-0.25, -0.2) is 0 Å². The number of hydrogen-bond acceptors (Lipinski definition) is 14. The summed E-state index contributed by atoms with van der Waals surface area (Å²) in [4.78, 5) is 13.0. The minimum absolute atomic E-state index is 0.0213. The second-order valence-electron chi connectivity index (χ2n) is 18.3. The zero-order chi connectivity index (χ0) is 53.0. The van der Waals surface area contributed by atoms with Crippen LogP contribution in [0.15, 0.2) is 122 Å². The number of rotatable bonds is 41. The highest BCUT2D eigenvalue weighted by Gasteiger charge is 2.47. The molecule has 0 radical (unpaired) electrons. The van der Waals surface area contributed by atoms with E-state index in [0.717, 1.165) is 116 Å². The van der Waals surface area contributed by atoms with Gasteiger partial charge in [0.1, 0.15) is 54.9 Å². The van der Waals surface area contributed by atoms with Gasteiger partial charge in [-0.1, -0.05) is 155 Å². The molecule has 2 rings (SSSR count). The average molecular weight is 1030 g/mol. The Balaban J connectivity index is 1.79. The molecule has 0 aromatic carbocycles. The Morgan fingerprint density at radius 2 is 0.849 bits per heavy atom. The molecule has 2 heterocycles. The molecular weight excluding hydrogens is 933 g/mol. The second-order valence-corrected chi connectivity index (χ2v) is 18.3. The minimum atomic E-state index is -1.73. The maximum Gasteiger partial charge on any atom is 0.306 e. The van der Waals surface area contributed by atoms with Crippen LogP contribution >= 0.6 is 0 Å². The molecule has 14 nitrogen and oxygen atoms in total. The molecule has 0 aromatic heterocycles. The molecule has 0 spiro atoms. The Hall–Kier alpha value is -3.61. The van der Waals surface area contributed by atoms with Gasteiger partial charge in [0.25, 0.3) is 0 Å². The highest BCUT2D eigenvalue weighted by Crippen LogP contribution is 2.26. The third kappa shape index (κ3) is 31.8. The number of esters is 1. The van der Waals surface area contributed by atoms with Crippen molar-refractivity contribution in [2.75, 3.05) is 33.0 Å². The van der Waals surface area contributed by atoms with Crippen LogP contribution < -0.4 is 0 Å². The van der Waals surface area contributed by atoms with Crippen LogP contribution in [0.5, 0.6) is 0 Å². The van der Waals surface area contributed by atoms with Crippen molar-refractivity contribution in [1.82, 2.24) is 0 Å². The van der Waals surface area contributed by atoms with Crippen molar-refractivity contribution in [3.8, 4) is 0 Å². The number of carbonyl (C=O) groups is 1. The third-order valence-electron chi connectivity index (χ3n) is 12.0. The minimum Gasteiger partial charge on any atom is -0.457 e. The summed E-state index contributed by atoms with van der Waals surface area (Å²) in [5.74, 6) is -0.423. The summed E-state index contributed by atoms with van der Waals surface area (Å²) in [5.41, 5.74) is 0. The quantitative estimate of drug-likeness (QED) is 0.0173. The molecule has 0 saturated carbocycles. The van der Waals surface area contributed by atoms with Gasteiger partial charge in [-0.05, 0) is 103 Å². The highest BCUT2D eigenvalue weighted by atomic mass is 16.7. The first kappa shape index (κ1) is 65.5. The van der Waals surface area contributed by atoms with Crippen molar-refractivity contribution < 1.29 is 69.0 Å². The van der Waals surface area contributed by atoms with Gasteiger partial charge in [0.2, 0.25) is 0 Å². The molecule has 11 unspecified atom stereocenters. The van der Waals surface area contributed by atoms with Gasteiger partial charge in [-0.3, -0.25) is 4.79 Å². The molecule has 2 fully saturated rings. The summed E-state index contributed by atoms with van der Waals surface area (Å²) in [5, 5.41) is 72.3. The number of allylic oxidation sites excluding steroid dienone is 20. The molecule has 0 aromatic rings. The fourth-order valence-corrected chi connectivity index (χ4v) is 7.63. The number of aliphatic hydroxyl groups is 7. The number of aliphatic hydroxyl groups excluding tert-OH is 7. The molecule has 11 atom stereocenters. The van der Waals surface area contributed by atoms with E-state index in [0.29, 0.717) is 13.0 Å². The van der Waals surface area contributed by atoms with Crippen LogP contribution in [0.25, 0.3) is 0 Å². The maximum atomic E-state index is 13.0. The van der Waals surface area contributed by atoms with Crippen LogP contribution in [0.4, 0.5) is 0 Å². The van der Waals surface area contributed by atoms with E-state index in [2.05, 4.69) is 135 Å². The number of unbranched alkanes of at least 4 members (excludes halogenated alkanes) is 7. The highest BCUT2D eigenvalue weighted by molar-refractivity contribution is 5.69. The van der Waals surface area contributed by atoms with Gasteiger partial charge in [-0.2, -0.15) is 0 Å². The lowest BCUT2D eigenvalue weighted by Gasteiger charge is -2.42. The number of carbonyl (C=O) groups excluding carboxylic acids is 1. The van der Waals surface area contributed by atoms with E-state index in [9.17, 15) is 40.5 Å². The standard InChI is InChI=1S/C59H94O14/c1-3-5-7-9-11-13-15-17-19-21-23-25-27-29-31-33-35-37-39-41-43-68-45-48(71-51(61)42-40-38-36-34-32-30-28-26-24-22-20-18-16-14-12-10-8-6-4-2)46-69-58-57(67)55(65)53(63)50(73-58)47-70-59-56(66)54(64)52(62)49(44-60)72-59/h5-8,11-14,17-20,23-26,29-32,48-50,52-60,62-67H,3-4,9-10,15-16,21-22,27-28,33-47H2,1-2H3/b7-5-,8-6-,13-11-,14-12-,19-17-,20-18-,25-23-,26-24-,31-29-,32-30-. The smallest absolute Gasteiger partial charge is 0.306 e. The first-order chi connectivity index (χ1) is 35.6. The fourth-order valence-electron chi connectivity index (χ4n) is 7.63. The summed E-state index contributed by atoms with van der Waals surface area (Å²) >= 11 is 0. The van der Waals surface area contributed by atoms with E-state index in [-0.39, 0.29) is 19.6 Å². The lowest BCUT2D eigenvalue weighted by atomic mass is 9.98. The predicted octanol–water partition coefficient (Wildman–Crippen LogP) is 8.96. The summed E-state index contributed by atoms with van der Waals surface area (Å²) < 4.78 is 34.3. The second kappa shape index (κ2) is 44.7. The van der Waals surface area contributed by atoms with Crippen LogP contribution in [0.3, 0.4) is 0 Å². The summed E-state index contributed by atoms with van der Waals surface area (Å²) in [7, 11) is 0. The largest absolute Gasteiger partial charge is 0.457 e. The van der Waals surface area contributed by atoms with Crippen LogP contribution in [-0.4, -0.2) is 142 Å². The molecule has 0 bridgehead atoms. The van der Waals surface area contributed by atoms with Crippen LogP contribution in [0, 0.1) is 0 Å². The first-order valence-electron chi connectivity index (χ1n) is 27.1. The number of ether oxygens (including phenoxy) is 6. The summed E-state index contributed by atoms with van der Waals surface area (Å²) in [6.07, 6.45) is 45.4. The Morgan fingerprint density at radius 3 is 1.32 bits per heavy atom. The summed E-state index contributed by atoms with van der Waals surface area (Å²) in [6.45, 7) is 3.31. The van der Waals surface area contributed by atoms with Crippen molar-refractivity contribution in [3.05, 3.63) is 122 Å². The van der Waals surface area contributed by atoms with Crippen molar-refractivity contribution in [1.29, 1.82) is 0 Å². The average Bonchev–Trinajstić information content (AvgIpc) is 3.39. The van der Waals surface area contributed by atoms with E-state index in [4.69, 9.17) is 28.4 Å². The molecular formula is C59H94O14. The normalized spacial score (nSPS) is 25.9. The van der Waals surface area contributed by atoms with Crippen molar-refractivity contribution in [3.63, 3.8) is 0 Å². The molecule has 73 heavy (non-hydrogen) atoms. The molecule has 0 amide bonds. The van der Waals surface area contributed by atoms with Gasteiger partial charge in [-0.15, -0.1) is 0 Å². The maximum absolute atomic E-state index is 13.0. The van der Waals surface area contributed by atoms with Crippen LogP contribution in [0.1, 0.15) is 142 Å². The first-order valence-corrected chi connectivity index (χ1v) is 27.1. The molecule has 7 N–H and O–H groups in total. The van der Waals surface area contributed by atoms with Gasteiger partial charge in [0.05, 0.1) is 26.4 Å². The Labute approximate surface area is 437 Å². The Morgan fingerprint density at radius 1 is 0.452 bits per heavy atom. The van der Waals surface area contributed by atoms with Crippen molar-refractivity contribution >= 4 is 5.97 Å². The Kier molecular flexibility index (Phi) is 40.1. The van der Waals surface area contributed by atoms with Gasteiger partial charge < -0.3 is 64.2 Å². The molecule has 2 aliphatic rings. The monoisotopic (exact) mass is 1030 g/mol. The van der Waals surface area contributed by atoms with Gasteiger partial charge >= 0.3 is 5.97 Å². The SMILES string of the molecule is CC/C=C\C/C=C\C/C=C\C/C=C\C/C=C\CCCCCCOCC(COC1OC(COC2OC(CO)C(O)C(O)C2O)C(O)C(O)C1O)OC(=O)CCCCC/C=C\C/C=C\C/C=C\C/C=C\C/C=C\CC. The van der Waals surface area contributed by atoms with Crippen LogP contribution in [0.2, 0.25) is 0 Å². The topological polar surface area (TPSA) is 214 Å². The fraction of sp³-hybridized carbons (Fsp3) is 0.644. The van der Waals surface area contributed by atoms with Gasteiger partial charge in [0.15, 0.2) is 12.6 Å². The zero-order valence-corrected chi connectivity index (χ0v) is 44.1. The van der Waals surface area contributed by atoms with E-state index >= 15 is 0 Å². The van der Waals surface area contributed by atoms with Crippen molar-refractivity contribution in [2.45, 2.75) is 210 Å². The van der Waals surface area contributed by atoms with Crippen molar-refractivity contribution in [2.24, 2.45) is 0 Å². The molecule has 2 saturated heterocycles. The van der Waals surface area contributed by atoms with E-state index in [1.54, 1.807) is 0 Å². The lowest BCUT2D eigenvalue weighted by Crippen LogP contribution is -2.61. The molecule has 2 aliphatic heterocycles. The zero-order valence-electron chi connectivity index (χ0n) is 44.1. The Bertz CT molecular complexity index is 1660. The van der Waals surface area contributed by atoms with E-state index in [1.165, 1.54) is 0 Å². The molecule has 0 aliphatic carbocycles. The van der Waals surface area contributed by atoms with E-state index < -0.39 is 86.7 Å². The summed E-state index contributed by atoms with van der Waals surface area (Å²) in [6, 6.07) is 0. The molecule has 14 heteroatoms. The van der Waals surface area contributed by atoms with E-state index in [1.807, 2.05) is 0 Å². The molecule has 414 valence electrons. The van der Waals surface area contributed by atoms with Crippen LogP contribution in [-0.2, 0) is 33.2 Å². The van der Waals surface area contributed by atoms with Gasteiger partial charge in [0, 0.05) is 13.0 Å². The predicted molar refractivity (Wildman–Crippen MR) is 288 cm³/mol. The lowest BCUT2D eigenvalue weighted by molar-refractivity contribution is -0.332. The number of hydrogen-bond donors (Lipinski definition) is 7. The third-order valence-corrected chi connectivity index (χ3v) is 12.0.